The van der Waals surface area contributed by atoms with Crippen LogP contribution in [0, 0.1) is 0 Å². The van der Waals surface area contributed by atoms with Gasteiger partial charge in [-0.1, -0.05) is 23.7 Å². The summed E-state index contributed by atoms with van der Waals surface area (Å²) < 4.78 is 6.77. The maximum Gasteiger partial charge on any atom is 0.0770 e. The summed E-state index contributed by atoms with van der Waals surface area (Å²) >= 11 is 8.28. The second-order valence-corrected chi connectivity index (χ2v) is 5.18. The van der Waals surface area contributed by atoms with Crippen LogP contribution >= 0.6 is 34.2 Å². The Labute approximate surface area is 109 Å². The van der Waals surface area contributed by atoms with Crippen molar-refractivity contribution in [1.29, 1.82) is 0 Å². The molecule has 3 heteroatoms. The van der Waals surface area contributed by atoms with Crippen LogP contribution in [0.1, 0.15) is 18.4 Å². The lowest BCUT2D eigenvalue weighted by atomic mass is 10.1. The van der Waals surface area contributed by atoms with Crippen molar-refractivity contribution in [3.63, 3.8) is 0 Å². The van der Waals surface area contributed by atoms with Crippen LogP contribution in [0.3, 0.4) is 0 Å². The molecule has 0 amide bonds. The van der Waals surface area contributed by atoms with E-state index in [1.807, 2.05) is 18.2 Å². The van der Waals surface area contributed by atoms with Gasteiger partial charge in [0.1, 0.15) is 0 Å². The van der Waals surface area contributed by atoms with E-state index >= 15 is 0 Å². The van der Waals surface area contributed by atoms with Crippen molar-refractivity contribution in [2.75, 3.05) is 6.61 Å². The Balaban J connectivity index is 2.15. The molecule has 1 aliphatic rings. The van der Waals surface area contributed by atoms with E-state index in [0.717, 1.165) is 18.1 Å². The van der Waals surface area contributed by atoms with Gasteiger partial charge in [0.15, 0.2) is 0 Å². The average molecular weight is 335 g/mol. The minimum absolute atomic E-state index is 0.288. The Morgan fingerprint density at radius 3 is 3.07 bits per heavy atom. The summed E-state index contributed by atoms with van der Waals surface area (Å²) in [7, 11) is 0. The first-order valence-corrected chi connectivity index (χ1v) is 6.46. The topological polar surface area (TPSA) is 9.23 Å². The van der Waals surface area contributed by atoms with E-state index in [1.165, 1.54) is 15.6 Å². The molecule has 0 spiro atoms. The van der Waals surface area contributed by atoms with Gasteiger partial charge in [0.05, 0.1) is 6.10 Å². The maximum absolute atomic E-state index is 5.94. The minimum atomic E-state index is 0.288. The first-order chi connectivity index (χ1) is 7.25. The molecule has 1 atom stereocenters. The highest BCUT2D eigenvalue weighted by Crippen LogP contribution is 2.27. The molecular weight excluding hydrogens is 322 g/mol. The predicted molar refractivity (Wildman–Crippen MR) is 72.4 cm³/mol. The molecule has 0 N–H and O–H groups in total. The monoisotopic (exact) mass is 334 g/mol. The van der Waals surface area contributed by atoms with Crippen LogP contribution in [-0.4, -0.2) is 12.7 Å². The van der Waals surface area contributed by atoms with Crippen molar-refractivity contribution < 1.29 is 4.74 Å². The van der Waals surface area contributed by atoms with Crippen molar-refractivity contribution in [3.05, 3.63) is 40.9 Å². The molecule has 0 aliphatic carbocycles. The van der Waals surface area contributed by atoms with E-state index in [9.17, 15) is 0 Å². The molecule has 0 radical (unpaired) electrons. The summed E-state index contributed by atoms with van der Waals surface area (Å²) in [6.45, 7) is 0.890. The molecule has 0 saturated carbocycles. The summed E-state index contributed by atoms with van der Waals surface area (Å²) in [6.07, 6.45) is 4.77. The van der Waals surface area contributed by atoms with Crippen LogP contribution in [0.15, 0.2) is 30.3 Å². The molecule has 1 aromatic rings. The van der Waals surface area contributed by atoms with Crippen molar-refractivity contribution >= 4 is 37.8 Å². The summed E-state index contributed by atoms with van der Waals surface area (Å²) in [5.41, 5.74) is 1.17. The van der Waals surface area contributed by atoms with Gasteiger partial charge in [0.25, 0.3) is 0 Å². The van der Waals surface area contributed by atoms with E-state index < -0.39 is 0 Å². The lowest BCUT2D eigenvalue weighted by Gasteiger charge is -2.05. The average Bonchev–Trinajstić information content (AvgIpc) is 2.70. The van der Waals surface area contributed by atoms with Gasteiger partial charge in [-0.05, 0) is 59.2 Å². The van der Waals surface area contributed by atoms with Gasteiger partial charge in [0, 0.05) is 15.2 Å². The fourth-order valence-electron chi connectivity index (χ4n) is 1.63. The third-order valence-corrected chi connectivity index (χ3v) is 3.62. The molecule has 2 rings (SSSR count). The normalized spacial score (nSPS) is 22.0. The molecule has 0 bridgehead atoms. The minimum Gasteiger partial charge on any atom is -0.374 e. The predicted octanol–water partition coefficient (Wildman–Crippen LogP) is 4.29. The molecule has 0 aromatic heterocycles. The third-order valence-electron chi connectivity index (χ3n) is 2.40. The van der Waals surface area contributed by atoms with Crippen molar-refractivity contribution in [1.82, 2.24) is 0 Å². The quantitative estimate of drug-likeness (QED) is 0.733. The van der Waals surface area contributed by atoms with Gasteiger partial charge in [-0.15, -0.1) is 0 Å². The zero-order valence-electron chi connectivity index (χ0n) is 8.25. The van der Waals surface area contributed by atoms with Gasteiger partial charge in [-0.2, -0.15) is 0 Å². The van der Waals surface area contributed by atoms with Crippen LogP contribution in [0.4, 0.5) is 0 Å². The van der Waals surface area contributed by atoms with Gasteiger partial charge in [0.2, 0.25) is 0 Å². The summed E-state index contributed by atoms with van der Waals surface area (Å²) in [5, 5.41) is 0.780. The SMILES string of the molecule is Clc1cccc(/C(I)=C/C2CCCO2)c1. The van der Waals surface area contributed by atoms with Crippen LogP contribution in [0.25, 0.3) is 3.58 Å². The molecule has 1 unspecified atom stereocenters. The number of hydrogen-bond acceptors (Lipinski definition) is 1. The highest BCUT2D eigenvalue weighted by Gasteiger charge is 2.13. The number of ether oxygens (including phenoxy) is 1. The van der Waals surface area contributed by atoms with Crippen LogP contribution in [0.5, 0.6) is 0 Å². The number of benzene rings is 1. The molecule has 80 valence electrons. The summed E-state index contributed by atoms with van der Waals surface area (Å²) in [5.74, 6) is 0. The molecule has 1 fully saturated rings. The Morgan fingerprint density at radius 2 is 2.40 bits per heavy atom. The fourth-order valence-corrected chi connectivity index (χ4v) is 2.56. The smallest absolute Gasteiger partial charge is 0.0770 e. The van der Waals surface area contributed by atoms with Gasteiger partial charge < -0.3 is 4.74 Å². The zero-order valence-corrected chi connectivity index (χ0v) is 11.2. The second kappa shape index (κ2) is 5.32. The Morgan fingerprint density at radius 1 is 1.53 bits per heavy atom. The lowest BCUT2D eigenvalue weighted by Crippen LogP contribution is -1.99. The molecule has 15 heavy (non-hydrogen) atoms. The zero-order chi connectivity index (χ0) is 10.7. The van der Waals surface area contributed by atoms with Gasteiger partial charge in [-0.3, -0.25) is 0 Å². The third kappa shape index (κ3) is 3.20. The highest BCUT2D eigenvalue weighted by molar-refractivity contribution is 14.1. The van der Waals surface area contributed by atoms with E-state index in [4.69, 9.17) is 16.3 Å². The second-order valence-electron chi connectivity index (χ2n) is 3.58. The largest absolute Gasteiger partial charge is 0.374 e. The first-order valence-electron chi connectivity index (χ1n) is 5.00. The molecule has 1 saturated heterocycles. The fraction of sp³-hybridized carbons (Fsp3) is 0.333. The van der Waals surface area contributed by atoms with Crippen molar-refractivity contribution in [2.24, 2.45) is 0 Å². The molecule has 1 nitrogen and oxygen atoms in total. The van der Waals surface area contributed by atoms with Crippen LogP contribution in [-0.2, 0) is 4.74 Å². The Kier molecular flexibility index (Phi) is 4.05. The molecule has 1 aromatic carbocycles. The molecule has 1 aliphatic heterocycles. The lowest BCUT2D eigenvalue weighted by molar-refractivity contribution is 0.146. The number of rotatable bonds is 2. The summed E-state index contributed by atoms with van der Waals surface area (Å²) in [4.78, 5) is 0. The van der Waals surface area contributed by atoms with E-state index in [-0.39, 0.29) is 6.10 Å². The Bertz CT molecular complexity index is 370. The summed E-state index contributed by atoms with van der Waals surface area (Å²) in [6, 6.07) is 7.91. The molecule has 1 heterocycles. The standard InChI is InChI=1S/C12H12ClIO/c13-10-4-1-3-9(7-10)12(14)8-11-5-2-6-15-11/h1,3-4,7-8,11H,2,5-6H2/b12-8-. The van der Waals surface area contributed by atoms with Crippen molar-refractivity contribution in [3.8, 4) is 0 Å². The van der Waals surface area contributed by atoms with Crippen LogP contribution < -0.4 is 0 Å². The number of halogens is 2. The van der Waals surface area contributed by atoms with Gasteiger partial charge in [-0.25, -0.2) is 0 Å². The van der Waals surface area contributed by atoms with Gasteiger partial charge >= 0.3 is 0 Å². The Hall–Kier alpha value is -0.0600. The highest BCUT2D eigenvalue weighted by atomic mass is 127. The van der Waals surface area contributed by atoms with Crippen LogP contribution in [0.2, 0.25) is 5.02 Å². The first kappa shape index (κ1) is 11.4. The van der Waals surface area contributed by atoms with E-state index in [2.05, 4.69) is 34.7 Å². The van der Waals surface area contributed by atoms with E-state index in [0.29, 0.717) is 0 Å². The molecular formula is C12H12ClIO. The van der Waals surface area contributed by atoms with E-state index in [1.54, 1.807) is 0 Å². The number of hydrogen-bond donors (Lipinski definition) is 0. The maximum atomic E-state index is 5.94. The van der Waals surface area contributed by atoms with Crippen molar-refractivity contribution in [2.45, 2.75) is 18.9 Å².